The lowest BCUT2D eigenvalue weighted by Gasteiger charge is -2.31. The number of aromatic amines is 1. The van der Waals surface area contributed by atoms with Crippen LogP contribution in [-0.2, 0) is 44.8 Å². The van der Waals surface area contributed by atoms with Crippen molar-refractivity contribution in [1.29, 1.82) is 0 Å². The molecule has 2 amide bonds. The topological polar surface area (TPSA) is 178 Å². The van der Waals surface area contributed by atoms with Crippen molar-refractivity contribution >= 4 is 32.7 Å². The number of H-pyrrole nitrogens is 1. The smallest absolute Gasteiger partial charge is 0.454 e. The van der Waals surface area contributed by atoms with E-state index in [1.165, 1.54) is 34.4 Å². The molecule has 0 radical (unpaired) electrons. The fourth-order valence-corrected chi connectivity index (χ4v) is 9.30. The van der Waals surface area contributed by atoms with E-state index >= 15 is 8.78 Å². The number of carbonyl (C=O) groups excluding carboxylic acids is 2. The van der Waals surface area contributed by atoms with Crippen molar-refractivity contribution in [3.8, 4) is 22.9 Å². The highest BCUT2D eigenvalue weighted by Gasteiger charge is 2.36. The summed E-state index contributed by atoms with van der Waals surface area (Å²) < 4.78 is 66.4. The van der Waals surface area contributed by atoms with Gasteiger partial charge >= 0.3 is 6.09 Å². The minimum absolute atomic E-state index is 0.000260. The standard InChI is InChI=1S/C39H44F2N6O7S/c1-23(35(48)46-54-37(49)45-50)18-24-8-6-9-25(19-24)39(4)15-7-14-38(2,3)22-55(51,52)17-13-28-27-12-16-42-32(27)21-31(41)33(28)53-26-10-11-30(40)29(20-26)34-43-36(39)44-47(34)5/h6,8-12,16,19-21,23,42,50H,7,13-15,17-18,22H2,1-5H3,(H,45,49)(H,46,48)/t23-,39?/m0/s1. The maximum Gasteiger partial charge on any atom is 0.455 e. The number of benzene rings is 3. The van der Waals surface area contributed by atoms with Crippen LogP contribution < -0.4 is 15.7 Å². The second kappa shape index (κ2) is 15.4. The molecule has 55 heavy (non-hydrogen) atoms. The van der Waals surface area contributed by atoms with E-state index < -0.39 is 50.2 Å². The predicted octanol–water partition coefficient (Wildman–Crippen LogP) is 6.83. The van der Waals surface area contributed by atoms with Crippen LogP contribution in [0.25, 0.3) is 22.3 Å². The van der Waals surface area contributed by atoms with Gasteiger partial charge in [-0.15, -0.1) is 0 Å². The Morgan fingerprint density at radius 2 is 1.87 bits per heavy atom. The average molecular weight is 779 g/mol. The average Bonchev–Trinajstić information content (AvgIpc) is 3.76. The number of nitrogens with one attached hydrogen (secondary N) is 3. The number of hydrogen-bond donors (Lipinski definition) is 4. The fourth-order valence-electron chi connectivity index (χ4n) is 7.30. The molecule has 6 rings (SSSR count). The molecule has 1 unspecified atom stereocenters. The van der Waals surface area contributed by atoms with Gasteiger partial charge in [0.15, 0.2) is 33.1 Å². The normalized spacial score (nSPS) is 18.9. The molecule has 5 aromatic rings. The number of fused-ring (bicyclic) bond motifs is 8. The lowest BCUT2D eigenvalue weighted by Crippen LogP contribution is -2.35. The lowest BCUT2D eigenvalue weighted by atomic mass is 9.75. The second-order valence-electron chi connectivity index (χ2n) is 15.2. The maximum atomic E-state index is 15.7. The van der Waals surface area contributed by atoms with Gasteiger partial charge in [0.05, 0.1) is 22.5 Å². The van der Waals surface area contributed by atoms with Crippen molar-refractivity contribution in [3.63, 3.8) is 0 Å². The van der Waals surface area contributed by atoms with E-state index in [4.69, 9.17) is 20.0 Å². The van der Waals surface area contributed by atoms with E-state index in [0.29, 0.717) is 41.6 Å². The highest BCUT2D eigenvalue weighted by Crippen LogP contribution is 2.41. The summed E-state index contributed by atoms with van der Waals surface area (Å²) in [4.78, 5) is 36.2. The Balaban J connectivity index is 1.42. The van der Waals surface area contributed by atoms with E-state index in [2.05, 4.69) is 9.82 Å². The molecule has 1 aliphatic heterocycles. The molecule has 0 spiro atoms. The molecule has 2 aromatic heterocycles. The van der Waals surface area contributed by atoms with Crippen molar-refractivity contribution in [2.45, 2.75) is 65.2 Å². The van der Waals surface area contributed by atoms with Gasteiger partial charge in [-0.3, -0.25) is 10.0 Å². The van der Waals surface area contributed by atoms with Gasteiger partial charge in [0.25, 0.3) is 5.91 Å². The molecule has 4 N–H and O–H groups in total. The molecule has 3 aromatic carbocycles. The van der Waals surface area contributed by atoms with Crippen LogP contribution in [-0.4, -0.2) is 56.9 Å². The van der Waals surface area contributed by atoms with E-state index in [-0.39, 0.29) is 47.2 Å². The largest absolute Gasteiger partial charge is 0.455 e. The third-order valence-corrected chi connectivity index (χ3v) is 12.3. The molecule has 16 heteroatoms. The van der Waals surface area contributed by atoms with E-state index in [9.17, 15) is 18.0 Å². The van der Waals surface area contributed by atoms with Crippen LogP contribution in [0, 0.1) is 23.0 Å². The van der Waals surface area contributed by atoms with Gasteiger partial charge in [-0.2, -0.15) is 10.6 Å². The third-order valence-electron chi connectivity index (χ3n) is 10.2. The Hall–Kier alpha value is -5.35. The monoisotopic (exact) mass is 778 g/mol. The summed E-state index contributed by atoms with van der Waals surface area (Å²) in [6.07, 6.45) is 2.29. The summed E-state index contributed by atoms with van der Waals surface area (Å²) in [5.74, 6) is -2.24. The van der Waals surface area contributed by atoms with Gasteiger partial charge in [-0.1, -0.05) is 51.5 Å². The molecule has 0 fully saturated rings. The van der Waals surface area contributed by atoms with Crippen LogP contribution >= 0.6 is 0 Å². The van der Waals surface area contributed by atoms with Gasteiger partial charge in [-0.05, 0) is 73.4 Å². The van der Waals surface area contributed by atoms with Gasteiger partial charge in [0.2, 0.25) is 0 Å². The summed E-state index contributed by atoms with van der Waals surface area (Å²) in [6, 6.07) is 14.6. The first-order valence-corrected chi connectivity index (χ1v) is 19.7. The van der Waals surface area contributed by atoms with Gasteiger partial charge in [0.1, 0.15) is 11.6 Å². The molecule has 13 nitrogen and oxygen atoms in total. The van der Waals surface area contributed by atoms with Gasteiger partial charge in [0, 0.05) is 41.7 Å². The SMILES string of the molecule is C[C@@H](Cc1cccc(C2(C)CCCC(C)(C)CS(=O)(=O)CCc3c(c(F)cc4[nH]ccc34)Oc3ccc(F)c(c3)-c3nc2nn3C)c1)C(=O)NOC(=O)NO. The quantitative estimate of drug-likeness (QED) is 0.112. The van der Waals surface area contributed by atoms with Crippen LogP contribution in [0.2, 0.25) is 0 Å². The highest BCUT2D eigenvalue weighted by atomic mass is 32.2. The zero-order valence-corrected chi connectivity index (χ0v) is 32.0. The van der Waals surface area contributed by atoms with E-state index in [1.807, 2.05) is 50.5 Å². The Kier molecular flexibility index (Phi) is 11.0. The minimum atomic E-state index is -3.63. The number of ether oxygens (including phenoxy) is 1. The predicted molar refractivity (Wildman–Crippen MR) is 200 cm³/mol. The Morgan fingerprint density at radius 3 is 2.64 bits per heavy atom. The maximum absolute atomic E-state index is 15.7. The molecule has 0 saturated carbocycles. The Morgan fingerprint density at radius 1 is 1.09 bits per heavy atom. The number of rotatable bonds is 4. The van der Waals surface area contributed by atoms with Crippen molar-refractivity contribution in [2.24, 2.45) is 18.4 Å². The molecule has 3 heterocycles. The zero-order valence-electron chi connectivity index (χ0n) is 31.2. The third kappa shape index (κ3) is 8.65. The molecule has 0 saturated heterocycles. The molecule has 1 aliphatic rings. The second-order valence-corrected chi connectivity index (χ2v) is 17.4. The summed E-state index contributed by atoms with van der Waals surface area (Å²) in [6.45, 7) is 7.45. The molecular weight excluding hydrogens is 735 g/mol. The van der Waals surface area contributed by atoms with Crippen LogP contribution in [0.3, 0.4) is 0 Å². The number of aromatic nitrogens is 4. The first-order valence-electron chi connectivity index (χ1n) is 17.9. The molecule has 292 valence electrons. The summed E-state index contributed by atoms with van der Waals surface area (Å²) in [7, 11) is -1.98. The number of halogens is 2. The number of hydrogen-bond acceptors (Lipinski definition) is 9. The number of amides is 2. The number of hydroxylamine groups is 2. The highest BCUT2D eigenvalue weighted by molar-refractivity contribution is 7.91. The van der Waals surface area contributed by atoms with Crippen LogP contribution in [0.4, 0.5) is 13.6 Å². The fraction of sp³-hybridized carbons (Fsp3) is 0.385. The van der Waals surface area contributed by atoms with Crippen molar-refractivity contribution in [3.05, 3.63) is 94.9 Å². The molecule has 0 aliphatic carbocycles. The first kappa shape index (κ1) is 39.3. The number of nitrogens with zero attached hydrogens (tertiary/aromatic N) is 3. The van der Waals surface area contributed by atoms with Crippen molar-refractivity contribution < 1.29 is 41.6 Å². The zero-order chi connectivity index (χ0) is 39.7. The summed E-state index contributed by atoms with van der Waals surface area (Å²) in [5, 5.41) is 14.1. The van der Waals surface area contributed by atoms with Crippen LogP contribution in [0.1, 0.15) is 69.5 Å². The summed E-state index contributed by atoms with van der Waals surface area (Å²) in [5.41, 5.74) is 4.34. The first-order chi connectivity index (χ1) is 26.0. The van der Waals surface area contributed by atoms with Crippen LogP contribution in [0.5, 0.6) is 11.5 Å². The molecule has 2 atom stereocenters. The lowest BCUT2D eigenvalue weighted by molar-refractivity contribution is -0.133. The van der Waals surface area contributed by atoms with Crippen molar-refractivity contribution in [1.82, 2.24) is 30.7 Å². The van der Waals surface area contributed by atoms with Crippen molar-refractivity contribution in [2.75, 3.05) is 11.5 Å². The van der Waals surface area contributed by atoms with Gasteiger partial charge in [-0.25, -0.2) is 37.1 Å². The minimum Gasteiger partial charge on any atom is -0.454 e. The number of sulfone groups is 1. The van der Waals surface area contributed by atoms with E-state index in [0.717, 1.165) is 11.1 Å². The Bertz CT molecular complexity index is 2360. The Labute approximate surface area is 317 Å². The molecular formula is C39H44F2N6O7S. The number of carbonyl (C=O) groups is 2. The molecule has 4 bridgehead atoms. The van der Waals surface area contributed by atoms with Gasteiger partial charge < -0.3 is 14.6 Å². The van der Waals surface area contributed by atoms with Crippen LogP contribution in [0.15, 0.2) is 60.8 Å². The number of aryl methyl sites for hydroxylation is 2. The van der Waals surface area contributed by atoms with E-state index in [1.54, 1.807) is 26.2 Å². The summed E-state index contributed by atoms with van der Waals surface area (Å²) >= 11 is 0.